The average Bonchev–Trinajstić information content (AvgIpc) is 2.54. The van der Waals surface area contributed by atoms with Crippen LogP contribution in [0.25, 0.3) is 0 Å². The van der Waals surface area contributed by atoms with Gasteiger partial charge in [0.1, 0.15) is 5.82 Å². The van der Waals surface area contributed by atoms with Crippen LogP contribution < -0.4 is 4.90 Å². The van der Waals surface area contributed by atoms with Gasteiger partial charge in [-0.15, -0.1) is 0 Å². The molecule has 0 aliphatic heterocycles. The highest BCUT2D eigenvalue weighted by Crippen LogP contribution is 2.14. The third-order valence-corrected chi connectivity index (χ3v) is 3.59. The minimum atomic E-state index is 1.03. The van der Waals surface area contributed by atoms with E-state index < -0.39 is 0 Å². The van der Waals surface area contributed by atoms with Crippen LogP contribution in [0, 0.1) is 6.07 Å². The lowest BCUT2D eigenvalue weighted by Gasteiger charge is -2.22. The van der Waals surface area contributed by atoms with Crippen molar-refractivity contribution in [3.63, 3.8) is 0 Å². The van der Waals surface area contributed by atoms with Crippen LogP contribution >= 0.6 is 0 Å². The highest BCUT2D eigenvalue weighted by Gasteiger charge is 2.05. The first kappa shape index (κ1) is 15.6. The number of hydrogen-bond donors (Lipinski definition) is 0. The van der Waals surface area contributed by atoms with Gasteiger partial charge in [0.2, 0.25) is 0 Å². The Morgan fingerprint density at radius 1 is 1.00 bits per heavy atom. The first-order valence-electron chi connectivity index (χ1n) is 7.98. The summed E-state index contributed by atoms with van der Waals surface area (Å²) in [5.74, 6) is 1.11. The summed E-state index contributed by atoms with van der Waals surface area (Å²) < 4.78 is 0. The molecule has 0 amide bonds. The lowest BCUT2D eigenvalue weighted by atomic mass is 10.1. The zero-order valence-corrected chi connectivity index (χ0v) is 13.2. The Kier molecular flexibility index (Phi) is 6.26. The van der Waals surface area contributed by atoms with Crippen molar-refractivity contribution < 1.29 is 0 Å². The maximum atomic E-state index is 4.65. The van der Waals surface area contributed by atoms with Crippen molar-refractivity contribution >= 4 is 5.82 Å². The summed E-state index contributed by atoms with van der Waals surface area (Å²) in [4.78, 5) is 7.02. The van der Waals surface area contributed by atoms with E-state index in [0.29, 0.717) is 0 Å². The molecular weight excluding hydrogens is 256 g/mol. The van der Waals surface area contributed by atoms with Crippen LogP contribution in [0.5, 0.6) is 0 Å². The van der Waals surface area contributed by atoms with Crippen LogP contribution in [-0.4, -0.2) is 18.1 Å². The van der Waals surface area contributed by atoms with Gasteiger partial charge in [0.15, 0.2) is 0 Å². The van der Waals surface area contributed by atoms with Crippen molar-refractivity contribution in [3.05, 3.63) is 59.8 Å². The molecule has 0 unspecified atom stereocenters. The fraction of sp³-hybridized carbons (Fsp3) is 0.421. The minimum absolute atomic E-state index is 1.03. The second-order valence-electron chi connectivity index (χ2n) is 5.42. The van der Waals surface area contributed by atoms with Gasteiger partial charge in [-0.05, 0) is 48.9 Å². The first-order valence-corrected chi connectivity index (χ1v) is 7.98. The average molecular weight is 281 g/mol. The van der Waals surface area contributed by atoms with Crippen molar-refractivity contribution in [1.82, 2.24) is 4.98 Å². The maximum absolute atomic E-state index is 4.65. The van der Waals surface area contributed by atoms with Crippen LogP contribution in [-0.2, 0) is 12.8 Å². The van der Waals surface area contributed by atoms with Gasteiger partial charge in [-0.2, -0.15) is 0 Å². The molecule has 2 aromatic rings. The standard InChI is InChI=1S/C19H25N2/c1-3-14-21(15-4-2)19-13-12-18(16-20-19)11-10-17-8-6-5-7-9-17/h5-6,8-9,12-13,16H,3-4,10-11,14-15H2,1-2H3. The molecule has 0 N–H and O–H groups in total. The SMILES string of the molecule is CCCN(CCC)c1ccc(CCc2c[c]ccc2)cn1. The summed E-state index contributed by atoms with van der Waals surface area (Å²) in [5.41, 5.74) is 2.63. The quantitative estimate of drug-likeness (QED) is 0.717. The molecule has 1 aromatic heterocycles. The third kappa shape index (κ3) is 4.89. The number of nitrogens with zero attached hydrogens (tertiary/aromatic N) is 2. The molecule has 2 nitrogen and oxygen atoms in total. The Morgan fingerprint density at radius 2 is 1.76 bits per heavy atom. The zero-order chi connectivity index (χ0) is 14.9. The molecule has 0 bridgehead atoms. The van der Waals surface area contributed by atoms with Crippen molar-refractivity contribution in [1.29, 1.82) is 0 Å². The van der Waals surface area contributed by atoms with Crippen LogP contribution in [0.4, 0.5) is 5.82 Å². The number of anilines is 1. The Balaban J connectivity index is 1.94. The molecule has 0 saturated carbocycles. The van der Waals surface area contributed by atoms with Crippen molar-refractivity contribution in [2.45, 2.75) is 39.5 Å². The van der Waals surface area contributed by atoms with E-state index >= 15 is 0 Å². The van der Waals surface area contributed by atoms with E-state index in [4.69, 9.17) is 0 Å². The van der Waals surface area contributed by atoms with Gasteiger partial charge >= 0.3 is 0 Å². The molecule has 2 heteroatoms. The minimum Gasteiger partial charge on any atom is -0.357 e. The highest BCUT2D eigenvalue weighted by molar-refractivity contribution is 5.39. The largest absolute Gasteiger partial charge is 0.357 e. The highest BCUT2D eigenvalue weighted by atomic mass is 15.2. The zero-order valence-electron chi connectivity index (χ0n) is 13.2. The molecule has 1 heterocycles. The third-order valence-electron chi connectivity index (χ3n) is 3.59. The monoisotopic (exact) mass is 281 g/mol. The summed E-state index contributed by atoms with van der Waals surface area (Å²) in [6, 6.07) is 15.7. The number of aromatic nitrogens is 1. The topological polar surface area (TPSA) is 16.1 Å². The van der Waals surface area contributed by atoms with E-state index in [1.807, 2.05) is 18.3 Å². The predicted molar refractivity (Wildman–Crippen MR) is 89.7 cm³/mol. The normalized spacial score (nSPS) is 10.6. The van der Waals surface area contributed by atoms with Gasteiger partial charge in [0.25, 0.3) is 0 Å². The fourth-order valence-corrected chi connectivity index (χ4v) is 2.51. The van der Waals surface area contributed by atoms with Gasteiger partial charge in [-0.3, -0.25) is 0 Å². The molecule has 0 atom stereocenters. The van der Waals surface area contributed by atoms with E-state index in [1.54, 1.807) is 0 Å². The summed E-state index contributed by atoms with van der Waals surface area (Å²) in [7, 11) is 0. The molecule has 111 valence electrons. The van der Waals surface area contributed by atoms with Crippen LogP contribution in [0.1, 0.15) is 37.8 Å². The molecule has 21 heavy (non-hydrogen) atoms. The van der Waals surface area contributed by atoms with Gasteiger partial charge in [0.05, 0.1) is 0 Å². The summed E-state index contributed by atoms with van der Waals surface area (Å²) in [6.07, 6.45) is 6.43. The van der Waals surface area contributed by atoms with Crippen molar-refractivity contribution in [2.24, 2.45) is 0 Å². The van der Waals surface area contributed by atoms with Crippen LogP contribution in [0.15, 0.2) is 42.6 Å². The van der Waals surface area contributed by atoms with Crippen molar-refractivity contribution in [3.8, 4) is 0 Å². The van der Waals surface area contributed by atoms with E-state index in [0.717, 1.165) is 44.6 Å². The van der Waals surface area contributed by atoms with E-state index in [2.05, 4.69) is 54.1 Å². The smallest absolute Gasteiger partial charge is 0.128 e. The van der Waals surface area contributed by atoms with Gasteiger partial charge < -0.3 is 4.90 Å². The number of rotatable bonds is 8. The molecule has 0 aliphatic rings. The summed E-state index contributed by atoms with van der Waals surface area (Å²) in [6.45, 7) is 6.60. The van der Waals surface area contributed by atoms with E-state index in [9.17, 15) is 0 Å². The summed E-state index contributed by atoms with van der Waals surface area (Å²) in [5, 5.41) is 0. The molecular formula is C19H25N2. The van der Waals surface area contributed by atoms with Crippen LogP contribution in [0.2, 0.25) is 0 Å². The number of pyridine rings is 1. The fourth-order valence-electron chi connectivity index (χ4n) is 2.51. The molecule has 0 saturated heterocycles. The first-order chi connectivity index (χ1) is 10.3. The Morgan fingerprint density at radius 3 is 2.33 bits per heavy atom. The van der Waals surface area contributed by atoms with E-state index in [-0.39, 0.29) is 0 Å². The number of benzene rings is 1. The molecule has 1 radical (unpaired) electrons. The Bertz CT molecular complexity index is 499. The Hall–Kier alpha value is -1.83. The van der Waals surface area contributed by atoms with Gasteiger partial charge in [-0.1, -0.05) is 44.2 Å². The number of hydrogen-bond acceptors (Lipinski definition) is 2. The second-order valence-corrected chi connectivity index (χ2v) is 5.42. The number of aryl methyl sites for hydroxylation is 2. The lowest BCUT2D eigenvalue weighted by molar-refractivity contribution is 0.733. The van der Waals surface area contributed by atoms with Gasteiger partial charge in [0, 0.05) is 19.3 Å². The van der Waals surface area contributed by atoms with E-state index in [1.165, 1.54) is 11.1 Å². The van der Waals surface area contributed by atoms with Gasteiger partial charge in [-0.25, -0.2) is 4.98 Å². The summed E-state index contributed by atoms with van der Waals surface area (Å²) >= 11 is 0. The molecule has 2 rings (SSSR count). The lowest BCUT2D eigenvalue weighted by Crippen LogP contribution is -2.25. The van der Waals surface area contributed by atoms with Crippen molar-refractivity contribution in [2.75, 3.05) is 18.0 Å². The molecule has 0 fully saturated rings. The Labute approximate surface area is 128 Å². The second kappa shape index (κ2) is 8.46. The van der Waals surface area contributed by atoms with Crippen LogP contribution in [0.3, 0.4) is 0 Å². The predicted octanol–water partition coefficient (Wildman–Crippen LogP) is 4.29. The maximum Gasteiger partial charge on any atom is 0.128 e. The molecule has 1 aromatic carbocycles. The molecule has 0 aliphatic carbocycles. The molecule has 0 spiro atoms.